The minimum absolute atomic E-state index is 0.269. The molecule has 2 rings (SSSR count). The Kier molecular flexibility index (Phi) is 3.06. The predicted octanol–water partition coefficient (Wildman–Crippen LogP) is 0.892. The van der Waals surface area contributed by atoms with Gasteiger partial charge in [-0.15, -0.1) is 0 Å². The second-order valence-electron chi connectivity index (χ2n) is 5.58. The molecule has 0 aromatic heterocycles. The lowest BCUT2D eigenvalue weighted by atomic mass is 9.96. The van der Waals surface area contributed by atoms with Crippen molar-refractivity contribution in [3.05, 3.63) is 0 Å². The van der Waals surface area contributed by atoms with Crippen LogP contribution in [0.25, 0.3) is 0 Å². The first-order valence-corrected chi connectivity index (χ1v) is 6.26. The summed E-state index contributed by atoms with van der Waals surface area (Å²) >= 11 is 0. The van der Waals surface area contributed by atoms with Gasteiger partial charge in [-0.05, 0) is 40.2 Å². The lowest BCUT2D eigenvalue weighted by Gasteiger charge is -2.38. The topological polar surface area (TPSA) is 32.5 Å². The standard InChI is InChI=1S/C12H25N3/c1-10(2)15-7-6-12(8-13,9-15)14(3)11-4-5-11/h10-11H,4-9,13H2,1-3H3. The molecule has 0 amide bonds. The van der Waals surface area contributed by atoms with Gasteiger partial charge in [-0.3, -0.25) is 9.80 Å². The molecule has 2 aliphatic rings. The number of hydrogen-bond donors (Lipinski definition) is 1. The van der Waals surface area contributed by atoms with Crippen LogP contribution >= 0.6 is 0 Å². The fourth-order valence-electron chi connectivity index (χ4n) is 2.78. The van der Waals surface area contributed by atoms with E-state index >= 15 is 0 Å². The van der Waals surface area contributed by atoms with Gasteiger partial charge in [-0.1, -0.05) is 0 Å². The van der Waals surface area contributed by atoms with Crippen molar-refractivity contribution in [2.45, 2.75) is 50.7 Å². The molecule has 1 saturated carbocycles. The van der Waals surface area contributed by atoms with Gasteiger partial charge >= 0.3 is 0 Å². The second-order valence-corrected chi connectivity index (χ2v) is 5.58. The van der Waals surface area contributed by atoms with Gasteiger partial charge in [0.2, 0.25) is 0 Å². The predicted molar refractivity (Wildman–Crippen MR) is 63.9 cm³/mol. The third-order valence-electron chi connectivity index (χ3n) is 4.31. The monoisotopic (exact) mass is 211 g/mol. The smallest absolute Gasteiger partial charge is 0.0470 e. The highest BCUT2D eigenvalue weighted by molar-refractivity contribution is 5.03. The summed E-state index contributed by atoms with van der Waals surface area (Å²) < 4.78 is 0. The van der Waals surface area contributed by atoms with Crippen molar-refractivity contribution < 1.29 is 0 Å². The number of nitrogens with two attached hydrogens (primary N) is 1. The van der Waals surface area contributed by atoms with E-state index in [1.54, 1.807) is 0 Å². The van der Waals surface area contributed by atoms with Crippen LogP contribution in [0.1, 0.15) is 33.1 Å². The van der Waals surface area contributed by atoms with E-state index in [0.29, 0.717) is 6.04 Å². The van der Waals surface area contributed by atoms with Crippen LogP contribution in [0.4, 0.5) is 0 Å². The van der Waals surface area contributed by atoms with Crippen molar-refractivity contribution in [1.29, 1.82) is 0 Å². The molecule has 0 bridgehead atoms. The first-order valence-electron chi connectivity index (χ1n) is 6.26. The molecule has 0 spiro atoms. The van der Waals surface area contributed by atoms with Gasteiger partial charge in [-0.2, -0.15) is 0 Å². The average Bonchev–Trinajstić information content (AvgIpc) is 2.96. The lowest BCUT2D eigenvalue weighted by Crippen LogP contribution is -2.55. The highest BCUT2D eigenvalue weighted by Crippen LogP contribution is 2.36. The molecule has 3 nitrogen and oxygen atoms in total. The van der Waals surface area contributed by atoms with Crippen molar-refractivity contribution in [2.24, 2.45) is 5.73 Å². The third-order valence-corrected chi connectivity index (χ3v) is 4.31. The van der Waals surface area contributed by atoms with Crippen LogP contribution in [0.3, 0.4) is 0 Å². The van der Waals surface area contributed by atoms with Crippen molar-refractivity contribution in [3.8, 4) is 0 Å². The zero-order valence-corrected chi connectivity index (χ0v) is 10.4. The Morgan fingerprint density at radius 3 is 2.53 bits per heavy atom. The summed E-state index contributed by atoms with van der Waals surface area (Å²) in [6, 6.07) is 1.48. The summed E-state index contributed by atoms with van der Waals surface area (Å²) in [5.74, 6) is 0. The highest BCUT2D eigenvalue weighted by atomic mass is 15.3. The van der Waals surface area contributed by atoms with E-state index in [0.717, 1.165) is 19.1 Å². The van der Waals surface area contributed by atoms with Gasteiger partial charge in [0.25, 0.3) is 0 Å². The Morgan fingerprint density at radius 1 is 1.47 bits per heavy atom. The minimum atomic E-state index is 0.269. The summed E-state index contributed by atoms with van der Waals surface area (Å²) in [7, 11) is 2.27. The van der Waals surface area contributed by atoms with Gasteiger partial charge < -0.3 is 5.73 Å². The lowest BCUT2D eigenvalue weighted by molar-refractivity contribution is 0.115. The molecule has 0 aromatic carbocycles. The van der Waals surface area contributed by atoms with E-state index in [1.165, 1.54) is 25.8 Å². The number of rotatable bonds is 4. The van der Waals surface area contributed by atoms with E-state index in [9.17, 15) is 0 Å². The number of hydrogen-bond acceptors (Lipinski definition) is 3. The molecule has 2 fully saturated rings. The van der Waals surface area contributed by atoms with E-state index < -0.39 is 0 Å². The fourth-order valence-corrected chi connectivity index (χ4v) is 2.78. The Morgan fingerprint density at radius 2 is 2.13 bits per heavy atom. The van der Waals surface area contributed by atoms with Crippen molar-refractivity contribution in [3.63, 3.8) is 0 Å². The number of likely N-dealkylation sites (tertiary alicyclic amines) is 1. The second kappa shape index (κ2) is 4.04. The Bertz CT molecular complexity index is 225. The molecule has 0 aromatic rings. The summed E-state index contributed by atoms with van der Waals surface area (Å²) in [6.45, 7) is 7.75. The van der Waals surface area contributed by atoms with E-state index in [1.807, 2.05) is 0 Å². The molecule has 1 heterocycles. The number of likely N-dealkylation sites (N-methyl/N-ethyl adjacent to an activating group) is 1. The third kappa shape index (κ3) is 2.05. The SMILES string of the molecule is CC(C)N1CCC(CN)(N(C)C2CC2)C1. The minimum Gasteiger partial charge on any atom is -0.329 e. The molecule has 88 valence electrons. The normalized spacial score (nSPS) is 33.2. The summed E-state index contributed by atoms with van der Waals surface area (Å²) in [5, 5.41) is 0. The Labute approximate surface area is 93.6 Å². The van der Waals surface area contributed by atoms with Gasteiger partial charge in [-0.25, -0.2) is 0 Å². The van der Waals surface area contributed by atoms with Gasteiger partial charge in [0.1, 0.15) is 0 Å². The van der Waals surface area contributed by atoms with Crippen molar-refractivity contribution in [2.75, 3.05) is 26.7 Å². The maximum Gasteiger partial charge on any atom is 0.0470 e. The Balaban J connectivity index is 2.03. The zero-order chi connectivity index (χ0) is 11.1. The molecule has 15 heavy (non-hydrogen) atoms. The van der Waals surface area contributed by atoms with E-state index in [-0.39, 0.29) is 5.54 Å². The maximum atomic E-state index is 6.03. The Hall–Kier alpha value is -0.120. The molecule has 1 saturated heterocycles. The fraction of sp³-hybridized carbons (Fsp3) is 1.00. The summed E-state index contributed by atoms with van der Waals surface area (Å²) in [6.07, 6.45) is 3.99. The van der Waals surface area contributed by atoms with Gasteiger partial charge in [0.15, 0.2) is 0 Å². The molecule has 1 aliphatic heterocycles. The molecule has 2 N–H and O–H groups in total. The van der Waals surface area contributed by atoms with Crippen LogP contribution in [0, 0.1) is 0 Å². The summed E-state index contributed by atoms with van der Waals surface area (Å²) in [5.41, 5.74) is 6.30. The molecule has 1 unspecified atom stereocenters. The van der Waals surface area contributed by atoms with Crippen molar-refractivity contribution in [1.82, 2.24) is 9.80 Å². The molecule has 0 radical (unpaired) electrons. The van der Waals surface area contributed by atoms with Crippen LogP contribution in [0.5, 0.6) is 0 Å². The van der Waals surface area contributed by atoms with Crippen LogP contribution < -0.4 is 5.73 Å². The van der Waals surface area contributed by atoms with Crippen LogP contribution in [0.2, 0.25) is 0 Å². The van der Waals surface area contributed by atoms with E-state index in [2.05, 4.69) is 30.7 Å². The van der Waals surface area contributed by atoms with Crippen LogP contribution in [0.15, 0.2) is 0 Å². The van der Waals surface area contributed by atoms with E-state index in [4.69, 9.17) is 5.73 Å². The van der Waals surface area contributed by atoms with Gasteiger partial charge in [0.05, 0.1) is 0 Å². The van der Waals surface area contributed by atoms with Gasteiger partial charge in [0, 0.05) is 37.3 Å². The zero-order valence-electron chi connectivity index (χ0n) is 10.4. The first kappa shape index (κ1) is 11.4. The number of nitrogens with zero attached hydrogens (tertiary/aromatic N) is 2. The quantitative estimate of drug-likeness (QED) is 0.749. The largest absolute Gasteiger partial charge is 0.329 e. The average molecular weight is 211 g/mol. The first-order chi connectivity index (χ1) is 7.09. The summed E-state index contributed by atoms with van der Waals surface area (Å²) in [4.78, 5) is 5.13. The molecule has 1 aliphatic carbocycles. The van der Waals surface area contributed by atoms with Crippen molar-refractivity contribution >= 4 is 0 Å². The molecular formula is C12H25N3. The maximum absolute atomic E-state index is 6.03. The molecule has 3 heteroatoms. The molecular weight excluding hydrogens is 186 g/mol. The highest BCUT2D eigenvalue weighted by Gasteiger charge is 2.45. The molecule has 1 atom stereocenters. The van der Waals surface area contributed by atoms with Crippen LogP contribution in [-0.2, 0) is 0 Å². The van der Waals surface area contributed by atoms with Crippen LogP contribution in [-0.4, -0.2) is 54.1 Å².